The highest BCUT2D eigenvalue weighted by Crippen LogP contribution is 2.68. The summed E-state index contributed by atoms with van der Waals surface area (Å²) in [6.45, 7) is 25.4. The van der Waals surface area contributed by atoms with E-state index in [2.05, 4.69) is 19.7 Å². The molecule has 0 aromatic heterocycles. The van der Waals surface area contributed by atoms with Crippen molar-refractivity contribution in [3.63, 3.8) is 0 Å². The molecule has 0 N–H and O–H groups in total. The maximum absolute atomic E-state index is 14.1. The lowest BCUT2D eigenvalue weighted by molar-refractivity contribution is 0.587. The molecule has 0 spiro atoms. The molecule has 0 saturated heterocycles. The van der Waals surface area contributed by atoms with Crippen LogP contribution in [0.1, 0.15) is 62.3 Å². The lowest BCUT2D eigenvalue weighted by Crippen LogP contribution is -1.93. The van der Waals surface area contributed by atoms with Crippen molar-refractivity contribution >= 4 is 7.14 Å². The molecule has 0 saturated carbocycles. The van der Waals surface area contributed by atoms with E-state index in [1.54, 1.807) is 24.3 Å². The SMILES string of the molecule is C.C=C/C=C(\C=C/C)P(=O)(C(=C)C/C=C\C=C/C)C(/C=C\C)=C/C=C.CC.CC. The second kappa shape index (κ2) is 23.9. The molecule has 0 aromatic rings. The minimum absolute atomic E-state index is 0. The molecule has 0 rings (SSSR count). The largest absolute Gasteiger partial charge is 0.309 e. The van der Waals surface area contributed by atoms with E-state index in [-0.39, 0.29) is 7.43 Å². The molecule has 0 amide bonds. The van der Waals surface area contributed by atoms with Crippen molar-refractivity contribution in [1.82, 2.24) is 0 Å². The second-order valence-electron chi connectivity index (χ2n) is 4.99. The predicted molar refractivity (Wildman–Crippen MR) is 141 cm³/mol. The summed E-state index contributed by atoms with van der Waals surface area (Å²) in [5, 5.41) is 2.12. The summed E-state index contributed by atoms with van der Waals surface area (Å²) in [7, 11) is -3.01. The molecule has 0 unspecified atom stereocenters. The topological polar surface area (TPSA) is 17.1 Å². The number of hydrogen-bond acceptors (Lipinski definition) is 1. The average Bonchev–Trinajstić information content (AvgIpc) is 2.73. The number of allylic oxidation sites excluding steroid dienone is 15. The molecule has 0 aromatic carbocycles. The van der Waals surface area contributed by atoms with Crippen LogP contribution in [-0.2, 0) is 4.57 Å². The lowest BCUT2D eigenvalue weighted by atomic mass is 10.3. The van der Waals surface area contributed by atoms with Gasteiger partial charge in [0.25, 0.3) is 0 Å². The summed E-state index contributed by atoms with van der Waals surface area (Å²) in [5.74, 6) is 0. The summed E-state index contributed by atoms with van der Waals surface area (Å²) in [6, 6.07) is 0. The van der Waals surface area contributed by atoms with E-state index in [1.165, 1.54) is 0 Å². The quantitative estimate of drug-likeness (QED) is 0.256. The van der Waals surface area contributed by atoms with Crippen LogP contribution in [0.3, 0.4) is 0 Å². The lowest BCUT2D eigenvalue weighted by Gasteiger charge is -2.23. The van der Waals surface area contributed by atoms with E-state index in [4.69, 9.17) is 0 Å². The first-order valence-electron chi connectivity index (χ1n) is 10.0. The van der Waals surface area contributed by atoms with Gasteiger partial charge in [0.2, 0.25) is 0 Å². The van der Waals surface area contributed by atoms with Gasteiger partial charge in [-0.15, -0.1) is 0 Å². The molecular weight excluding hydrogens is 371 g/mol. The average molecular weight is 417 g/mol. The van der Waals surface area contributed by atoms with Crippen LogP contribution in [0.5, 0.6) is 0 Å². The molecular formula is C27H45OP. The summed E-state index contributed by atoms with van der Waals surface area (Å²) in [6.07, 6.45) is 22.7. The van der Waals surface area contributed by atoms with Crippen molar-refractivity contribution in [2.24, 2.45) is 0 Å². The maximum atomic E-state index is 14.1. The van der Waals surface area contributed by atoms with Gasteiger partial charge in [-0.3, -0.25) is 0 Å². The van der Waals surface area contributed by atoms with Crippen molar-refractivity contribution in [3.8, 4) is 0 Å². The molecule has 0 aliphatic heterocycles. The summed E-state index contributed by atoms with van der Waals surface area (Å²) < 4.78 is 14.1. The molecule has 0 atom stereocenters. The highest BCUT2D eigenvalue weighted by molar-refractivity contribution is 7.76. The Bertz CT molecular complexity index is 627. The molecule has 0 aliphatic rings. The fraction of sp³-hybridized carbons (Fsp3) is 0.333. The first kappa shape index (κ1) is 34.4. The van der Waals surface area contributed by atoms with Gasteiger partial charge in [-0.2, -0.15) is 0 Å². The zero-order valence-corrected chi connectivity index (χ0v) is 20.0. The highest BCUT2D eigenvalue weighted by atomic mass is 31.2. The molecule has 164 valence electrons. The van der Waals surface area contributed by atoms with Crippen molar-refractivity contribution in [2.75, 3.05) is 0 Å². The van der Waals surface area contributed by atoms with E-state index < -0.39 is 7.14 Å². The Morgan fingerprint density at radius 3 is 1.52 bits per heavy atom. The van der Waals surface area contributed by atoms with E-state index >= 15 is 0 Å². The first-order valence-corrected chi connectivity index (χ1v) is 11.7. The zero-order chi connectivity index (χ0) is 22.4. The smallest absolute Gasteiger partial charge is 0.166 e. The Kier molecular flexibility index (Phi) is 28.4. The Balaban J connectivity index is -0.000000584. The van der Waals surface area contributed by atoms with Gasteiger partial charge >= 0.3 is 0 Å². The summed E-state index contributed by atoms with van der Waals surface area (Å²) in [4.78, 5) is 0. The highest BCUT2D eigenvalue weighted by Gasteiger charge is 2.31. The molecule has 0 heterocycles. The van der Waals surface area contributed by atoms with E-state index in [9.17, 15) is 4.57 Å². The van der Waals surface area contributed by atoms with Crippen molar-refractivity contribution in [3.05, 3.63) is 109 Å². The molecule has 0 aliphatic carbocycles. The molecule has 0 radical (unpaired) electrons. The van der Waals surface area contributed by atoms with Gasteiger partial charge in [-0.1, -0.05) is 128 Å². The van der Waals surface area contributed by atoms with Crippen LogP contribution in [0, 0.1) is 0 Å². The fourth-order valence-corrected chi connectivity index (χ4v) is 4.89. The van der Waals surface area contributed by atoms with Crippen LogP contribution < -0.4 is 0 Å². The normalized spacial score (nSPS) is 13.9. The van der Waals surface area contributed by atoms with E-state index in [0.29, 0.717) is 11.7 Å². The van der Waals surface area contributed by atoms with Crippen molar-refractivity contribution in [2.45, 2.75) is 62.3 Å². The van der Waals surface area contributed by atoms with Gasteiger partial charge < -0.3 is 4.57 Å². The minimum atomic E-state index is -3.01. The predicted octanol–water partition coefficient (Wildman–Crippen LogP) is 10.4. The molecule has 0 bridgehead atoms. The third kappa shape index (κ3) is 12.9. The standard InChI is InChI=1S/C22H29OP.2C2H6.CH4/c1-7-12-13-14-19-20(6)24(23,21(15-8-2)16-9-3)22(17-10-4)18-11-5;2*1-2;/h7-18H,2,4,6,19H2,1,3,5H3;2*1-2H3;1H4/b12-7-,14-13-,16-9-,18-11-,21-15+,22-17+;;;. The maximum Gasteiger partial charge on any atom is 0.166 e. The van der Waals surface area contributed by atoms with Crippen LogP contribution in [0.25, 0.3) is 0 Å². The summed E-state index contributed by atoms with van der Waals surface area (Å²) >= 11 is 0. The second-order valence-corrected chi connectivity index (χ2v) is 7.87. The summed E-state index contributed by atoms with van der Waals surface area (Å²) in [5.41, 5.74) is 0. The van der Waals surface area contributed by atoms with Crippen LogP contribution in [-0.4, -0.2) is 0 Å². The fourth-order valence-electron chi connectivity index (χ4n) is 2.15. The zero-order valence-electron chi connectivity index (χ0n) is 19.1. The van der Waals surface area contributed by atoms with Gasteiger partial charge in [0.05, 0.1) is 0 Å². The third-order valence-corrected chi connectivity index (χ3v) is 6.34. The molecule has 0 fully saturated rings. The Hall–Kier alpha value is -2.11. The Morgan fingerprint density at radius 1 is 0.793 bits per heavy atom. The number of hydrogen-bond donors (Lipinski definition) is 0. The Morgan fingerprint density at radius 2 is 1.21 bits per heavy atom. The molecule has 2 heteroatoms. The molecule has 29 heavy (non-hydrogen) atoms. The Labute approximate surface area is 182 Å². The van der Waals surface area contributed by atoms with Crippen LogP contribution in [0.2, 0.25) is 0 Å². The first-order chi connectivity index (χ1) is 13.5. The van der Waals surface area contributed by atoms with Crippen LogP contribution in [0.15, 0.2) is 109 Å². The van der Waals surface area contributed by atoms with Crippen molar-refractivity contribution < 1.29 is 4.57 Å². The van der Waals surface area contributed by atoms with Crippen LogP contribution >= 0.6 is 7.14 Å². The minimum Gasteiger partial charge on any atom is -0.309 e. The van der Waals surface area contributed by atoms with E-state index in [1.807, 2.05) is 97.1 Å². The van der Waals surface area contributed by atoms with E-state index in [0.717, 1.165) is 10.6 Å². The van der Waals surface area contributed by atoms with Crippen LogP contribution in [0.4, 0.5) is 0 Å². The van der Waals surface area contributed by atoms with Gasteiger partial charge in [0, 0.05) is 10.6 Å². The third-order valence-electron chi connectivity index (χ3n) is 3.22. The van der Waals surface area contributed by atoms with Gasteiger partial charge in [0.1, 0.15) is 0 Å². The number of rotatable bonds is 10. The van der Waals surface area contributed by atoms with Crippen molar-refractivity contribution in [1.29, 1.82) is 0 Å². The molecule has 1 nitrogen and oxygen atoms in total. The van der Waals surface area contributed by atoms with Gasteiger partial charge in [-0.25, -0.2) is 0 Å². The van der Waals surface area contributed by atoms with Gasteiger partial charge in [-0.05, 0) is 32.5 Å². The van der Waals surface area contributed by atoms with Gasteiger partial charge in [0.15, 0.2) is 7.14 Å². The monoisotopic (exact) mass is 416 g/mol.